The van der Waals surface area contributed by atoms with Gasteiger partial charge in [-0.2, -0.15) is 0 Å². The average Bonchev–Trinajstić information content (AvgIpc) is 2.24. The Hall–Kier alpha value is -0.880. The molecule has 0 aliphatic rings. The lowest BCUT2D eigenvalue weighted by atomic mass is 10.2. The molecule has 0 aliphatic carbocycles. The van der Waals surface area contributed by atoms with Crippen molar-refractivity contribution in [2.45, 2.75) is 6.04 Å². The highest BCUT2D eigenvalue weighted by molar-refractivity contribution is 6.31. The van der Waals surface area contributed by atoms with Crippen LogP contribution in [0.2, 0.25) is 5.02 Å². The number of rotatable bonds is 4. The van der Waals surface area contributed by atoms with Crippen LogP contribution in [0.1, 0.15) is 0 Å². The number of nitrogens with two attached hydrogens (primary N) is 1. The second kappa shape index (κ2) is 7.45. The number of anilines is 1. The van der Waals surface area contributed by atoms with Crippen molar-refractivity contribution in [1.29, 1.82) is 0 Å². The lowest BCUT2D eigenvalue weighted by molar-refractivity contribution is -0.118. The third-order valence-corrected chi connectivity index (χ3v) is 2.16. The summed E-state index contributed by atoms with van der Waals surface area (Å²) in [4.78, 5) is 11.4. The van der Waals surface area contributed by atoms with Gasteiger partial charge in [-0.15, -0.1) is 12.4 Å². The van der Waals surface area contributed by atoms with E-state index in [9.17, 15) is 9.18 Å². The van der Waals surface area contributed by atoms with Gasteiger partial charge in [0.1, 0.15) is 11.9 Å². The van der Waals surface area contributed by atoms with Crippen molar-refractivity contribution in [3.05, 3.63) is 29.0 Å². The van der Waals surface area contributed by atoms with Crippen LogP contribution in [0.15, 0.2) is 18.2 Å². The molecule has 0 saturated carbocycles. The zero-order chi connectivity index (χ0) is 12.1. The number of halogens is 3. The summed E-state index contributed by atoms with van der Waals surface area (Å²) in [5, 5.41) is 2.44. The fourth-order valence-corrected chi connectivity index (χ4v) is 1.24. The van der Waals surface area contributed by atoms with Gasteiger partial charge < -0.3 is 15.8 Å². The van der Waals surface area contributed by atoms with Crippen LogP contribution in [0.5, 0.6) is 0 Å². The standard InChI is InChI=1S/C10H12ClFN2O2.ClH/c1-16-5-9(13)10(15)14-6-2-3-8(12)7(11)4-6;/h2-4,9H,5,13H2,1H3,(H,14,15);1H. The Morgan fingerprint density at radius 1 is 1.65 bits per heavy atom. The number of ether oxygens (including phenoxy) is 1. The Morgan fingerprint density at radius 3 is 2.82 bits per heavy atom. The van der Waals surface area contributed by atoms with E-state index in [1.807, 2.05) is 0 Å². The number of methoxy groups -OCH3 is 1. The Labute approximate surface area is 110 Å². The minimum atomic E-state index is -0.770. The van der Waals surface area contributed by atoms with E-state index in [4.69, 9.17) is 22.1 Å². The van der Waals surface area contributed by atoms with Crippen molar-refractivity contribution in [2.24, 2.45) is 5.73 Å². The van der Waals surface area contributed by atoms with Gasteiger partial charge in [-0.1, -0.05) is 11.6 Å². The molecule has 0 fully saturated rings. The zero-order valence-corrected chi connectivity index (χ0v) is 10.6. The maximum atomic E-state index is 12.8. The molecule has 0 aromatic heterocycles. The minimum absolute atomic E-state index is 0. The Bertz CT molecular complexity index is 391. The smallest absolute Gasteiger partial charge is 0.243 e. The van der Waals surface area contributed by atoms with E-state index in [0.29, 0.717) is 5.69 Å². The predicted molar refractivity (Wildman–Crippen MR) is 67.1 cm³/mol. The molecule has 0 aliphatic heterocycles. The zero-order valence-electron chi connectivity index (χ0n) is 9.07. The van der Waals surface area contributed by atoms with E-state index < -0.39 is 17.8 Å². The predicted octanol–water partition coefficient (Wildman–Crippen LogP) is 1.81. The molecule has 1 unspecified atom stereocenters. The van der Waals surface area contributed by atoms with Crippen molar-refractivity contribution in [3.63, 3.8) is 0 Å². The first-order valence-corrected chi connectivity index (χ1v) is 4.93. The van der Waals surface area contributed by atoms with Gasteiger partial charge >= 0.3 is 0 Å². The fourth-order valence-electron chi connectivity index (χ4n) is 1.06. The summed E-state index contributed by atoms with van der Waals surface area (Å²) in [6.07, 6.45) is 0. The average molecular weight is 283 g/mol. The van der Waals surface area contributed by atoms with Crippen LogP contribution >= 0.6 is 24.0 Å². The molecule has 1 rings (SSSR count). The van der Waals surface area contributed by atoms with Crippen molar-refractivity contribution >= 4 is 35.6 Å². The maximum Gasteiger partial charge on any atom is 0.243 e. The maximum absolute atomic E-state index is 12.8. The molecule has 1 aromatic rings. The van der Waals surface area contributed by atoms with E-state index in [1.165, 1.54) is 25.3 Å². The van der Waals surface area contributed by atoms with Gasteiger partial charge in [-0.3, -0.25) is 4.79 Å². The highest BCUT2D eigenvalue weighted by atomic mass is 35.5. The number of carbonyl (C=O) groups excluding carboxylic acids is 1. The molecule has 17 heavy (non-hydrogen) atoms. The summed E-state index contributed by atoms with van der Waals surface area (Å²) in [5.41, 5.74) is 5.89. The van der Waals surface area contributed by atoms with Crippen LogP contribution in [-0.2, 0) is 9.53 Å². The van der Waals surface area contributed by atoms with Crippen molar-refractivity contribution in [2.75, 3.05) is 19.0 Å². The van der Waals surface area contributed by atoms with Crippen molar-refractivity contribution < 1.29 is 13.9 Å². The first-order valence-electron chi connectivity index (χ1n) is 4.55. The third kappa shape index (κ3) is 4.87. The van der Waals surface area contributed by atoms with Crippen LogP contribution < -0.4 is 11.1 Å². The van der Waals surface area contributed by atoms with E-state index in [-0.39, 0.29) is 24.0 Å². The molecule has 0 heterocycles. The summed E-state index contributed by atoms with van der Waals surface area (Å²) in [5.74, 6) is -0.953. The quantitative estimate of drug-likeness (QED) is 0.885. The molecule has 7 heteroatoms. The number of nitrogens with one attached hydrogen (secondary N) is 1. The van der Waals surface area contributed by atoms with Crippen LogP contribution in [-0.4, -0.2) is 25.7 Å². The number of amides is 1. The number of hydrogen-bond donors (Lipinski definition) is 2. The largest absolute Gasteiger partial charge is 0.383 e. The van der Waals surface area contributed by atoms with Gasteiger partial charge in [0.2, 0.25) is 5.91 Å². The topological polar surface area (TPSA) is 64.3 Å². The highest BCUT2D eigenvalue weighted by Gasteiger charge is 2.13. The molecule has 0 spiro atoms. The van der Waals surface area contributed by atoms with E-state index in [2.05, 4.69) is 5.32 Å². The van der Waals surface area contributed by atoms with Crippen LogP contribution in [0, 0.1) is 5.82 Å². The summed E-state index contributed by atoms with van der Waals surface area (Å²) in [6, 6.07) is 3.11. The summed E-state index contributed by atoms with van der Waals surface area (Å²) < 4.78 is 17.6. The molecular weight excluding hydrogens is 270 g/mol. The molecule has 4 nitrogen and oxygen atoms in total. The van der Waals surface area contributed by atoms with Crippen LogP contribution in [0.3, 0.4) is 0 Å². The highest BCUT2D eigenvalue weighted by Crippen LogP contribution is 2.19. The summed E-state index contributed by atoms with van der Waals surface area (Å²) in [6.45, 7) is 0.112. The minimum Gasteiger partial charge on any atom is -0.383 e. The second-order valence-electron chi connectivity index (χ2n) is 3.18. The normalized spacial score (nSPS) is 11.5. The monoisotopic (exact) mass is 282 g/mol. The molecule has 0 radical (unpaired) electrons. The van der Waals surface area contributed by atoms with Gasteiger partial charge in [0.15, 0.2) is 0 Å². The lowest BCUT2D eigenvalue weighted by Crippen LogP contribution is -2.39. The van der Waals surface area contributed by atoms with Gasteiger partial charge in [-0.05, 0) is 18.2 Å². The molecule has 0 saturated heterocycles. The van der Waals surface area contributed by atoms with E-state index in [0.717, 1.165) is 0 Å². The Morgan fingerprint density at radius 2 is 2.29 bits per heavy atom. The molecule has 0 bridgehead atoms. The van der Waals surface area contributed by atoms with Crippen LogP contribution in [0.25, 0.3) is 0 Å². The van der Waals surface area contributed by atoms with Gasteiger partial charge in [-0.25, -0.2) is 4.39 Å². The number of hydrogen-bond acceptors (Lipinski definition) is 3. The molecule has 3 N–H and O–H groups in total. The lowest BCUT2D eigenvalue weighted by Gasteiger charge is -2.11. The van der Waals surface area contributed by atoms with E-state index in [1.54, 1.807) is 0 Å². The Kier molecular flexibility index (Phi) is 7.06. The fraction of sp³-hybridized carbons (Fsp3) is 0.300. The van der Waals surface area contributed by atoms with Crippen molar-refractivity contribution in [1.82, 2.24) is 0 Å². The van der Waals surface area contributed by atoms with Crippen LogP contribution in [0.4, 0.5) is 10.1 Å². The van der Waals surface area contributed by atoms with Gasteiger partial charge in [0, 0.05) is 12.8 Å². The number of benzene rings is 1. The van der Waals surface area contributed by atoms with Gasteiger partial charge in [0.05, 0.1) is 11.6 Å². The first-order chi connectivity index (χ1) is 7.54. The van der Waals surface area contributed by atoms with Gasteiger partial charge in [0.25, 0.3) is 0 Å². The second-order valence-corrected chi connectivity index (χ2v) is 3.59. The molecule has 1 amide bonds. The summed E-state index contributed by atoms with van der Waals surface area (Å²) in [7, 11) is 1.45. The SMILES string of the molecule is COCC(N)C(=O)Nc1ccc(F)c(Cl)c1.Cl. The molecule has 1 atom stereocenters. The number of carbonyl (C=O) groups is 1. The summed E-state index contributed by atoms with van der Waals surface area (Å²) >= 11 is 5.56. The first kappa shape index (κ1) is 16.1. The molecule has 96 valence electrons. The Balaban J connectivity index is 0.00000256. The van der Waals surface area contributed by atoms with E-state index >= 15 is 0 Å². The molecule has 1 aromatic carbocycles. The third-order valence-electron chi connectivity index (χ3n) is 1.87. The molecular formula is C10H13Cl2FN2O2. The van der Waals surface area contributed by atoms with Crippen molar-refractivity contribution in [3.8, 4) is 0 Å².